The first kappa shape index (κ1) is 14.8. The van der Waals surface area contributed by atoms with Crippen LogP contribution in [0.15, 0.2) is 18.2 Å². The molecule has 18 heavy (non-hydrogen) atoms. The first-order valence-corrected chi connectivity index (χ1v) is 6.36. The summed E-state index contributed by atoms with van der Waals surface area (Å²) >= 11 is 0. The summed E-state index contributed by atoms with van der Waals surface area (Å²) in [6.45, 7) is 4.51. The van der Waals surface area contributed by atoms with E-state index in [1.54, 1.807) is 25.3 Å². The summed E-state index contributed by atoms with van der Waals surface area (Å²) in [5.41, 5.74) is 0.776. The summed E-state index contributed by atoms with van der Waals surface area (Å²) in [5, 5.41) is 22.7. The van der Waals surface area contributed by atoms with Crippen molar-refractivity contribution in [2.45, 2.75) is 38.8 Å². The fraction of sp³-hybridized carbons (Fsp3) is 0.571. The van der Waals surface area contributed by atoms with Crippen molar-refractivity contribution in [3.63, 3.8) is 0 Å². The van der Waals surface area contributed by atoms with Crippen LogP contribution in [-0.4, -0.2) is 30.0 Å². The average molecular weight is 253 g/mol. The number of nitrogens with one attached hydrogen (secondary N) is 1. The monoisotopic (exact) mass is 253 g/mol. The number of hydrogen-bond donors (Lipinski definition) is 3. The van der Waals surface area contributed by atoms with Gasteiger partial charge in [-0.15, -0.1) is 0 Å². The summed E-state index contributed by atoms with van der Waals surface area (Å²) in [7, 11) is 1.60. The van der Waals surface area contributed by atoms with Gasteiger partial charge in [-0.05, 0) is 31.5 Å². The minimum Gasteiger partial charge on any atom is -0.508 e. The quantitative estimate of drug-likeness (QED) is 0.697. The standard InChI is InChI=1S/C14H23NO3/c1-4-5-11(16)9-15-10(2)13-8-12(18-3)6-7-14(13)17/h6-8,10-11,15-17H,4-5,9H2,1-3H3. The fourth-order valence-corrected chi connectivity index (χ4v) is 1.86. The van der Waals surface area contributed by atoms with Gasteiger partial charge < -0.3 is 20.3 Å². The maximum Gasteiger partial charge on any atom is 0.120 e. The summed E-state index contributed by atoms with van der Waals surface area (Å²) in [5.74, 6) is 0.950. The molecule has 0 aliphatic heterocycles. The van der Waals surface area contributed by atoms with Gasteiger partial charge in [0.1, 0.15) is 11.5 Å². The highest BCUT2D eigenvalue weighted by Gasteiger charge is 2.12. The molecule has 0 aliphatic carbocycles. The van der Waals surface area contributed by atoms with Crippen molar-refractivity contribution in [1.29, 1.82) is 0 Å². The number of aliphatic hydroxyl groups is 1. The van der Waals surface area contributed by atoms with E-state index in [4.69, 9.17) is 4.74 Å². The zero-order valence-corrected chi connectivity index (χ0v) is 11.3. The minimum atomic E-state index is -0.342. The number of methoxy groups -OCH3 is 1. The summed E-state index contributed by atoms with van der Waals surface area (Å²) in [4.78, 5) is 0. The van der Waals surface area contributed by atoms with E-state index < -0.39 is 0 Å². The molecule has 0 fully saturated rings. The second kappa shape index (κ2) is 7.24. The van der Waals surface area contributed by atoms with E-state index in [2.05, 4.69) is 5.32 Å². The van der Waals surface area contributed by atoms with Gasteiger partial charge in [0.25, 0.3) is 0 Å². The van der Waals surface area contributed by atoms with E-state index in [1.807, 2.05) is 13.8 Å². The first-order valence-electron chi connectivity index (χ1n) is 6.36. The molecule has 1 aromatic carbocycles. The summed E-state index contributed by atoms with van der Waals surface area (Å²) < 4.78 is 5.14. The molecule has 2 unspecified atom stereocenters. The van der Waals surface area contributed by atoms with Crippen molar-refractivity contribution >= 4 is 0 Å². The molecule has 0 bridgehead atoms. The number of aliphatic hydroxyl groups excluding tert-OH is 1. The molecule has 102 valence electrons. The van der Waals surface area contributed by atoms with Gasteiger partial charge in [-0.25, -0.2) is 0 Å². The molecule has 0 aliphatic rings. The van der Waals surface area contributed by atoms with Crippen molar-refractivity contribution in [3.05, 3.63) is 23.8 Å². The second-order valence-electron chi connectivity index (χ2n) is 4.50. The molecule has 0 heterocycles. The van der Waals surface area contributed by atoms with Crippen molar-refractivity contribution in [1.82, 2.24) is 5.32 Å². The van der Waals surface area contributed by atoms with Gasteiger partial charge in [0, 0.05) is 18.2 Å². The SMILES string of the molecule is CCCC(O)CNC(C)c1cc(OC)ccc1O. The predicted octanol–water partition coefficient (Wildman–Crippen LogP) is 2.21. The van der Waals surface area contributed by atoms with Crippen LogP contribution in [0.25, 0.3) is 0 Å². The third kappa shape index (κ3) is 4.20. The molecule has 0 saturated heterocycles. The number of aromatic hydroxyl groups is 1. The number of rotatable bonds is 7. The Morgan fingerprint density at radius 2 is 2.11 bits per heavy atom. The van der Waals surface area contributed by atoms with E-state index in [-0.39, 0.29) is 17.9 Å². The predicted molar refractivity (Wildman–Crippen MR) is 72.0 cm³/mol. The van der Waals surface area contributed by atoms with Crippen LogP contribution in [0.1, 0.15) is 38.3 Å². The van der Waals surface area contributed by atoms with Crippen LogP contribution in [0.5, 0.6) is 11.5 Å². The third-order valence-corrected chi connectivity index (χ3v) is 2.98. The van der Waals surface area contributed by atoms with Crippen molar-refractivity contribution in [3.8, 4) is 11.5 Å². The van der Waals surface area contributed by atoms with E-state index in [0.29, 0.717) is 12.3 Å². The van der Waals surface area contributed by atoms with Crippen molar-refractivity contribution in [2.75, 3.05) is 13.7 Å². The van der Waals surface area contributed by atoms with Gasteiger partial charge in [-0.2, -0.15) is 0 Å². The molecule has 2 atom stereocenters. The number of hydrogen-bond acceptors (Lipinski definition) is 4. The Morgan fingerprint density at radius 3 is 2.72 bits per heavy atom. The van der Waals surface area contributed by atoms with Crippen LogP contribution >= 0.6 is 0 Å². The molecular weight excluding hydrogens is 230 g/mol. The van der Waals surface area contributed by atoms with Crippen LogP contribution in [0.4, 0.5) is 0 Å². The van der Waals surface area contributed by atoms with Crippen LogP contribution in [0.2, 0.25) is 0 Å². The Bertz CT molecular complexity index is 368. The number of ether oxygens (including phenoxy) is 1. The number of benzene rings is 1. The largest absolute Gasteiger partial charge is 0.508 e. The van der Waals surface area contributed by atoms with Crippen LogP contribution in [-0.2, 0) is 0 Å². The maximum atomic E-state index is 9.81. The lowest BCUT2D eigenvalue weighted by Gasteiger charge is -2.18. The minimum absolute atomic E-state index is 0.0355. The molecule has 1 aromatic rings. The lowest BCUT2D eigenvalue weighted by molar-refractivity contribution is 0.157. The smallest absolute Gasteiger partial charge is 0.120 e. The van der Waals surface area contributed by atoms with Crippen LogP contribution in [0.3, 0.4) is 0 Å². The van der Waals surface area contributed by atoms with Gasteiger partial charge >= 0.3 is 0 Å². The first-order chi connectivity index (χ1) is 8.58. The highest BCUT2D eigenvalue weighted by atomic mass is 16.5. The van der Waals surface area contributed by atoms with Crippen LogP contribution in [0, 0.1) is 0 Å². The Balaban J connectivity index is 2.62. The average Bonchev–Trinajstić information content (AvgIpc) is 2.37. The van der Waals surface area contributed by atoms with Gasteiger partial charge in [-0.3, -0.25) is 0 Å². The third-order valence-electron chi connectivity index (χ3n) is 2.98. The molecule has 4 heteroatoms. The van der Waals surface area contributed by atoms with Crippen molar-refractivity contribution < 1.29 is 14.9 Å². The number of phenolic OH excluding ortho intramolecular Hbond substituents is 1. The molecule has 0 saturated carbocycles. The zero-order chi connectivity index (χ0) is 13.5. The van der Waals surface area contributed by atoms with E-state index in [9.17, 15) is 10.2 Å². The van der Waals surface area contributed by atoms with E-state index in [0.717, 1.165) is 18.4 Å². The Labute approximate surface area is 109 Å². The lowest BCUT2D eigenvalue weighted by Crippen LogP contribution is -2.29. The Hall–Kier alpha value is -1.26. The molecule has 1 rings (SSSR count). The molecule has 4 nitrogen and oxygen atoms in total. The lowest BCUT2D eigenvalue weighted by atomic mass is 10.1. The topological polar surface area (TPSA) is 61.7 Å². The maximum absolute atomic E-state index is 9.81. The Morgan fingerprint density at radius 1 is 1.39 bits per heavy atom. The summed E-state index contributed by atoms with van der Waals surface area (Å²) in [6.07, 6.45) is 1.40. The number of phenols is 1. The van der Waals surface area contributed by atoms with Gasteiger partial charge in [0.15, 0.2) is 0 Å². The van der Waals surface area contributed by atoms with Gasteiger partial charge in [-0.1, -0.05) is 13.3 Å². The highest BCUT2D eigenvalue weighted by molar-refractivity contribution is 5.41. The zero-order valence-electron chi connectivity index (χ0n) is 11.3. The molecular formula is C14H23NO3. The van der Waals surface area contributed by atoms with Crippen molar-refractivity contribution in [2.24, 2.45) is 0 Å². The van der Waals surface area contributed by atoms with E-state index >= 15 is 0 Å². The normalized spacial score (nSPS) is 14.2. The molecule has 0 amide bonds. The Kier molecular flexibility index (Phi) is 5.95. The van der Waals surface area contributed by atoms with Crippen LogP contribution < -0.4 is 10.1 Å². The second-order valence-corrected chi connectivity index (χ2v) is 4.50. The van der Waals surface area contributed by atoms with Gasteiger partial charge in [0.05, 0.1) is 13.2 Å². The molecule has 0 aromatic heterocycles. The fourth-order valence-electron chi connectivity index (χ4n) is 1.86. The van der Waals surface area contributed by atoms with E-state index in [1.165, 1.54) is 0 Å². The molecule has 0 radical (unpaired) electrons. The summed E-state index contributed by atoms with van der Waals surface area (Å²) in [6, 6.07) is 5.11. The highest BCUT2D eigenvalue weighted by Crippen LogP contribution is 2.28. The molecule has 0 spiro atoms. The molecule has 3 N–H and O–H groups in total. The van der Waals surface area contributed by atoms with Gasteiger partial charge in [0.2, 0.25) is 0 Å².